The van der Waals surface area contributed by atoms with Gasteiger partial charge in [0.25, 0.3) is 5.91 Å². The van der Waals surface area contributed by atoms with E-state index in [1.807, 2.05) is 24.3 Å². The molecule has 0 heterocycles. The number of rotatable bonds is 6. The van der Waals surface area contributed by atoms with Crippen molar-refractivity contribution in [1.29, 1.82) is 0 Å². The van der Waals surface area contributed by atoms with E-state index in [-0.39, 0.29) is 5.91 Å². The van der Waals surface area contributed by atoms with Crippen LogP contribution in [0.15, 0.2) is 28.7 Å². The molecule has 0 aromatic heterocycles. The van der Waals surface area contributed by atoms with Crippen LogP contribution in [0.4, 0.5) is 0 Å². The molecule has 0 spiro atoms. The minimum absolute atomic E-state index is 0.126. The van der Waals surface area contributed by atoms with Gasteiger partial charge >= 0.3 is 0 Å². The SMILES string of the molecule is CC(Oc1cccc(Br)c1)C(=O)NCCCN. The smallest absolute Gasteiger partial charge is 0.260 e. The summed E-state index contributed by atoms with van der Waals surface area (Å²) >= 11 is 3.35. The highest BCUT2D eigenvalue weighted by atomic mass is 79.9. The Balaban J connectivity index is 2.43. The summed E-state index contributed by atoms with van der Waals surface area (Å²) in [6.07, 6.45) is 0.261. The van der Waals surface area contributed by atoms with Gasteiger partial charge in [-0.15, -0.1) is 0 Å². The predicted octanol–water partition coefficient (Wildman–Crippen LogP) is 1.68. The van der Waals surface area contributed by atoms with Crippen molar-refractivity contribution in [3.63, 3.8) is 0 Å². The van der Waals surface area contributed by atoms with Crippen LogP contribution in [0.2, 0.25) is 0 Å². The molecule has 1 rings (SSSR count). The normalized spacial score (nSPS) is 11.9. The fourth-order valence-electron chi connectivity index (χ4n) is 1.26. The van der Waals surface area contributed by atoms with E-state index >= 15 is 0 Å². The molecular weight excluding hydrogens is 284 g/mol. The third-order valence-corrected chi connectivity index (χ3v) is 2.65. The number of amides is 1. The number of nitrogens with one attached hydrogen (secondary N) is 1. The Morgan fingerprint density at radius 1 is 1.59 bits per heavy atom. The van der Waals surface area contributed by atoms with Gasteiger partial charge in [0.2, 0.25) is 0 Å². The van der Waals surface area contributed by atoms with E-state index in [1.54, 1.807) is 6.92 Å². The van der Waals surface area contributed by atoms with Crippen molar-refractivity contribution in [3.05, 3.63) is 28.7 Å². The number of carbonyl (C=O) groups excluding carboxylic acids is 1. The highest BCUT2D eigenvalue weighted by molar-refractivity contribution is 9.10. The van der Waals surface area contributed by atoms with Crippen LogP contribution in [-0.2, 0) is 4.79 Å². The number of nitrogens with two attached hydrogens (primary N) is 1. The minimum Gasteiger partial charge on any atom is -0.481 e. The Bertz CT molecular complexity index is 371. The number of ether oxygens (including phenoxy) is 1. The molecule has 0 saturated heterocycles. The summed E-state index contributed by atoms with van der Waals surface area (Å²) in [5, 5.41) is 2.76. The molecule has 1 unspecified atom stereocenters. The van der Waals surface area contributed by atoms with Crippen molar-refractivity contribution in [2.24, 2.45) is 5.73 Å². The summed E-state index contributed by atoms with van der Waals surface area (Å²) in [5.74, 6) is 0.541. The second kappa shape index (κ2) is 7.29. The fraction of sp³-hybridized carbons (Fsp3) is 0.417. The van der Waals surface area contributed by atoms with Gasteiger partial charge in [-0.05, 0) is 38.1 Å². The standard InChI is InChI=1S/C12H17BrN2O2/c1-9(12(16)15-7-3-6-14)17-11-5-2-4-10(13)8-11/h2,4-5,8-9H,3,6-7,14H2,1H3,(H,15,16). The van der Waals surface area contributed by atoms with Crippen molar-refractivity contribution in [3.8, 4) is 5.75 Å². The van der Waals surface area contributed by atoms with Crippen LogP contribution in [0.5, 0.6) is 5.75 Å². The summed E-state index contributed by atoms with van der Waals surface area (Å²) < 4.78 is 6.44. The minimum atomic E-state index is -0.512. The molecule has 1 aromatic carbocycles. The summed E-state index contributed by atoms with van der Waals surface area (Å²) in [6, 6.07) is 7.40. The summed E-state index contributed by atoms with van der Waals surface area (Å²) in [4.78, 5) is 11.6. The zero-order valence-corrected chi connectivity index (χ0v) is 11.4. The van der Waals surface area contributed by atoms with Crippen LogP contribution in [0.25, 0.3) is 0 Å². The number of hydrogen-bond acceptors (Lipinski definition) is 3. The van der Waals surface area contributed by atoms with Crippen molar-refractivity contribution < 1.29 is 9.53 Å². The Morgan fingerprint density at radius 2 is 2.35 bits per heavy atom. The van der Waals surface area contributed by atoms with Crippen molar-refractivity contribution in [2.45, 2.75) is 19.4 Å². The first-order valence-corrected chi connectivity index (χ1v) is 6.33. The molecule has 0 saturated carbocycles. The monoisotopic (exact) mass is 300 g/mol. The zero-order valence-electron chi connectivity index (χ0n) is 9.78. The first-order chi connectivity index (χ1) is 8.13. The molecule has 0 fully saturated rings. The Kier molecular flexibility index (Phi) is 6.00. The average Bonchev–Trinajstić information content (AvgIpc) is 2.29. The van der Waals surface area contributed by atoms with Gasteiger partial charge in [0.1, 0.15) is 5.75 Å². The molecule has 0 aliphatic carbocycles. The summed E-state index contributed by atoms with van der Waals surface area (Å²) in [7, 11) is 0. The fourth-order valence-corrected chi connectivity index (χ4v) is 1.63. The van der Waals surface area contributed by atoms with Crippen molar-refractivity contribution >= 4 is 21.8 Å². The van der Waals surface area contributed by atoms with Gasteiger partial charge in [0.15, 0.2) is 6.10 Å². The van der Waals surface area contributed by atoms with Gasteiger partial charge < -0.3 is 15.8 Å². The third-order valence-electron chi connectivity index (χ3n) is 2.16. The summed E-state index contributed by atoms with van der Waals surface area (Å²) in [5.41, 5.74) is 5.34. The number of carbonyl (C=O) groups is 1. The van der Waals surface area contributed by atoms with E-state index in [0.29, 0.717) is 18.8 Å². The topological polar surface area (TPSA) is 64.3 Å². The molecular formula is C12H17BrN2O2. The first kappa shape index (κ1) is 14.0. The van der Waals surface area contributed by atoms with Crippen molar-refractivity contribution in [2.75, 3.05) is 13.1 Å². The Hall–Kier alpha value is -1.07. The second-order valence-corrected chi connectivity index (χ2v) is 4.57. The number of hydrogen-bond donors (Lipinski definition) is 2. The molecule has 0 aliphatic rings. The number of benzene rings is 1. The maximum Gasteiger partial charge on any atom is 0.260 e. The van der Waals surface area contributed by atoms with Crippen LogP contribution < -0.4 is 15.8 Å². The molecule has 1 atom stereocenters. The van der Waals surface area contributed by atoms with Gasteiger partial charge in [-0.3, -0.25) is 4.79 Å². The van der Waals surface area contributed by atoms with Gasteiger partial charge in [0.05, 0.1) is 0 Å². The van der Waals surface area contributed by atoms with E-state index in [9.17, 15) is 4.79 Å². The van der Waals surface area contributed by atoms with Crippen molar-refractivity contribution in [1.82, 2.24) is 5.32 Å². The van der Waals surface area contributed by atoms with Crippen LogP contribution in [0.1, 0.15) is 13.3 Å². The van der Waals surface area contributed by atoms with E-state index in [4.69, 9.17) is 10.5 Å². The molecule has 3 N–H and O–H groups in total. The lowest BCUT2D eigenvalue weighted by Crippen LogP contribution is -2.37. The van der Waals surface area contributed by atoms with E-state index < -0.39 is 6.10 Å². The number of halogens is 1. The largest absolute Gasteiger partial charge is 0.481 e. The zero-order chi connectivity index (χ0) is 12.7. The lowest BCUT2D eigenvalue weighted by Gasteiger charge is -2.14. The lowest BCUT2D eigenvalue weighted by molar-refractivity contribution is -0.127. The molecule has 0 radical (unpaired) electrons. The molecule has 5 heteroatoms. The predicted molar refractivity (Wildman–Crippen MR) is 70.9 cm³/mol. The molecule has 1 aromatic rings. The van der Waals surface area contributed by atoms with Crippen LogP contribution in [0, 0.1) is 0 Å². The molecule has 0 aliphatic heterocycles. The van der Waals surface area contributed by atoms with E-state index in [2.05, 4.69) is 21.2 Å². The second-order valence-electron chi connectivity index (χ2n) is 3.65. The van der Waals surface area contributed by atoms with Crippen LogP contribution >= 0.6 is 15.9 Å². The van der Waals surface area contributed by atoms with E-state index in [1.165, 1.54) is 0 Å². The molecule has 0 bridgehead atoms. The lowest BCUT2D eigenvalue weighted by atomic mass is 10.3. The highest BCUT2D eigenvalue weighted by Crippen LogP contribution is 2.18. The molecule has 1 amide bonds. The third kappa shape index (κ3) is 5.19. The molecule has 94 valence electrons. The van der Waals surface area contributed by atoms with E-state index in [0.717, 1.165) is 10.9 Å². The molecule has 17 heavy (non-hydrogen) atoms. The van der Waals surface area contributed by atoms with Gasteiger partial charge in [-0.25, -0.2) is 0 Å². The highest BCUT2D eigenvalue weighted by Gasteiger charge is 2.13. The Morgan fingerprint density at radius 3 is 3.00 bits per heavy atom. The van der Waals surface area contributed by atoms with Gasteiger partial charge in [-0.2, -0.15) is 0 Å². The first-order valence-electron chi connectivity index (χ1n) is 5.53. The van der Waals surface area contributed by atoms with Crippen LogP contribution in [-0.4, -0.2) is 25.1 Å². The quantitative estimate of drug-likeness (QED) is 0.786. The molecule has 4 nitrogen and oxygen atoms in total. The van der Waals surface area contributed by atoms with Gasteiger partial charge in [0, 0.05) is 11.0 Å². The Labute approximate surface area is 110 Å². The maximum absolute atomic E-state index is 11.6. The average molecular weight is 301 g/mol. The maximum atomic E-state index is 11.6. The summed E-state index contributed by atoms with van der Waals surface area (Å²) in [6.45, 7) is 2.88. The van der Waals surface area contributed by atoms with Crippen LogP contribution in [0.3, 0.4) is 0 Å². The van der Waals surface area contributed by atoms with Gasteiger partial charge in [-0.1, -0.05) is 22.0 Å².